The number of hydrogen-bond acceptors (Lipinski definition) is 2. The number of ether oxygens (including phenoxy) is 1. The van der Waals surface area contributed by atoms with Crippen molar-refractivity contribution in [3.8, 4) is 73.2 Å². The Labute approximate surface area is 449 Å². The van der Waals surface area contributed by atoms with Crippen LogP contribution in [0.2, 0.25) is 0 Å². The van der Waals surface area contributed by atoms with Crippen molar-refractivity contribution in [2.24, 2.45) is 0 Å². The van der Waals surface area contributed by atoms with Crippen molar-refractivity contribution in [1.29, 1.82) is 0 Å². The molecule has 6 heteroatoms. The number of imidazole rings is 1. The number of pyridine rings is 1. The number of nitrogens with zero attached hydrogens (tertiary/aromatic N) is 4. The topological polar surface area (TPSA) is 35.9 Å². The van der Waals surface area contributed by atoms with Gasteiger partial charge >= 0.3 is 0 Å². The largest absolute Gasteiger partial charge is 0.510 e. The van der Waals surface area contributed by atoms with Crippen LogP contribution in [0, 0.1) is 32.3 Å². The van der Waals surface area contributed by atoms with Crippen LogP contribution >= 0.6 is 0 Å². The van der Waals surface area contributed by atoms with Crippen LogP contribution in [0.15, 0.2) is 212 Å². The summed E-state index contributed by atoms with van der Waals surface area (Å²) < 4.78 is 99.7. The van der Waals surface area contributed by atoms with Crippen LogP contribution in [0.3, 0.4) is 0 Å². The molecule has 0 unspecified atom stereocenters. The van der Waals surface area contributed by atoms with Gasteiger partial charge < -0.3 is 13.9 Å². The van der Waals surface area contributed by atoms with Gasteiger partial charge in [0, 0.05) is 44.3 Å². The fourth-order valence-corrected chi connectivity index (χ4v) is 9.71. The number of para-hydroxylation sites is 3. The molecule has 0 aliphatic rings. The molecule has 12 rings (SSSR count). The summed E-state index contributed by atoms with van der Waals surface area (Å²) in [5, 5.41) is 1.99. The van der Waals surface area contributed by atoms with E-state index in [1.54, 1.807) is 33.4 Å². The summed E-state index contributed by atoms with van der Waals surface area (Å²) in [7, 11) is 0. The molecule has 352 valence electrons. The van der Waals surface area contributed by atoms with E-state index in [1.807, 2.05) is 60.8 Å². The van der Waals surface area contributed by atoms with E-state index >= 15 is 0 Å². The average molecular weight is 1120 g/mol. The van der Waals surface area contributed by atoms with Gasteiger partial charge in [-0.3, -0.25) is 4.57 Å². The van der Waals surface area contributed by atoms with Gasteiger partial charge in [-0.15, -0.1) is 29.7 Å². The van der Waals surface area contributed by atoms with Crippen LogP contribution in [0.4, 0.5) is 0 Å². The first-order valence-corrected chi connectivity index (χ1v) is 23.4. The molecule has 0 N–H and O–H groups in total. The second-order valence-electron chi connectivity index (χ2n) is 18.6. The SMILES string of the molecule is [2H]c1c([2H])c([2H])c(-c2cccc(-c3c([2H])c([2H])c([2H])c([2H])c3[2H])c2-[n+]2[c-]n(-c3[c-]c(Oc4[c-]c5c(cc4)c4cc(-c6c(C)cc(-c7ccccc7)cc6C)ccc4n5-c4cc(C(C)(C)C)ccn4)ccc3)c3ccccc32)c([2H])c1[2H].[Pt]. The average Bonchev–Trinajstić information content (AvgIpc) is 3.82. The van der Waals surface area contributed by atoms with Crippen LogP contribution < -0.4 is 9.30 Å². The number of rotatable bonds is 9. The number of hydrogen-bond donors (Lipinski definition) is 0. The Morgan fingerprint density at radius 3 is 1.94 bits per heavy atom. The third kappa shape index (κ3) is 8.44. The Morgan fingerprint density at radius 1 is 0.569 bits per heavy atom. The molecule has 0 atom stereocenters. The van der Waals surface area contributed by atoms with Gasteiger partial charge in [0.2, 0.25) is 0 Å². The molecule has 0 amide bonds. The smallest absolute Gasteiger partial charge is 0.268 e. The second-order valence-corrected chi connectivity index (χ2v) is 18.6. The third-order valence-electron chi connectivity index (χ3n) is 13.0. The molecule has 0 spiro atoms. The zero-order valence-corrected chi connectivity index (χ0v) is 42.2. The number of aryl methyl sites for hydroxylation is 2. The molecule has 0 aliphatic heterocycles. The van der Waals surface area contributed by atoms with Crippen LogP contribution in [-0.4, -0.2) is 14.1 Å². The van der Waals surface area contributed by atoms with Gasteiger partial charge in [-0.1, -0.05) is 184 Å². The van der Waals surface area contributed by atoms with E-state index < -0.39 is 60.4 Å². The first-order chi connectivity index (χ1) is 38.8. The summed E-state index contributed by atoms with van der Waals surface area (Å²) in [5.41, 5.74) is 11.4. The molecular weight excluding hydrogens is 1060 g/mol. The maximum atomic E-state index is 9.07. The van der Waals surface area contributed by atoms with Gasteiger partial charge in [-0.05, 0) is 110 Å². The minimum Gasteiger partial charge on any atom is -0.510 e. The Hall–Kier alpha value is -8.11. The van der Waals surface area contributed by atoms with Crippen molar-refractivity contribution in [1.82, 2.24) is 14.1 Å². The summed E-state index contributed by atoms with van der Waals surface area (Å²) in [5.74, 6) is 1.51. The number of fused-ring (bicyclic) bond motifs is 4. The van der Waals surface area contributed by atoms with Crippen molar-refractivity contribution in [2.45, 2.75) is 40.0 Å². The Morgan fingerprint density at radius 2 is 1.24 bits per heavy atom. The monoisotopic (exact) mass is 1120 g/mol. The summed E-state index contributed by atoms with van der Waals surface area (Å²) in [6.45, 7) is 10.9. The van der Waals surface area contributed by atoms with E-state index in [0.29, 0.717) is 28.2 Å². The number of aromatic nitrogens is 4. The number of benzene rings is 9. The van der Waals surface area contributed by atoms with Crippen LogP contribution in [0.5, 0.6) is 11.5 Å². The van der Waals surface area contributed by atoms with Crippen molar-refractivity contribution < 1.29 is 44.1 Å². The molecule has 9 aromatic carbocycles. The molecule has 72 heavy (non-hydrogen) atoms. The van der Waals surface area contributed by atoms with Crippen molar-refractivity contribution in [2.75, 3.05) is 0 Å². The first kappa shape index (κ1) is 35.9. The molecule has 5 nitrogen and oxygen atoms in total. The fourth-order valence-electron chi connectivity index (χ4n) is 9.71. The third-order valence-corrected chi connectivity index (χ3v) is 13.0. The summed E-state index contributed by atoms with van der Waals surface area (Å²) >= 11 is 0. The van der Waals surface area contributed by atoms with E-state index in [1.165, 1.54) is 27.8 Å². The zero-order valence-electron chi connectivity index (χ0n) is 49.9. The molecule has 3 aromatic heterocycles. The van der Waals surface area contributed by atoms with E-state index in [2.05, 4.69) is 124 Å². The van der Waals surface area contributed by atoms with Gasteiger partial charge in [0.05, 0.1) is 30.4 Å². The molecular formula is C66H50N4OPt-2. The van der Waals surface area contributed by atoms with Crippen molar-refractivity contribution >= 4 is 32.8 Å². The quantitative estimate of drug-likeness (QED) is 0.107. The van der Waals surface area contributed by atoms with Gasteiger partial charge in [0.1, 0.15) is 5.82 Å². The Balaban J connectivity index is 0.00000705. The molecule has 0 saturated carbocycles. The maximum Gasteiger partial charge on any atom is 0.268 e. The minimum absolute atomic E-state index is 0. The molecule has 0 aliphatic carbocycles. The van der Waals surface area contributed by atoms with Gasteiger partial charge in [0.15, 0.2) is 0 Å². The summed E-state index contributed by atoms with van der Waals surface area (Å²) in [4.78, 5) is 4.94. The predicted molar refractivity (Wildman–Crippen MR) is 290 cm³/mol. The van der Waals surface area contributed by atoms with Crippen LogP contribution in [0.1, 0.15) is 51.2 Å². The fraction of sp³-hybridized carbons (Fsp3) is 0.0909. The predicted octanol–water partition coefficient (Wildman–Crippen LogP) is 16.2. The Bertz CT molecular complexity index is 4420. The standard InChI is InChI=1S/C66H50N4O.Pt/c1-44-37-50(46-19-9-6-10-20-46)38-45(2)64(44)49-31-34-59-58(39-49)57-33-32-54(42-62(57)70(59)63-40-51(35-36-67-63)66(3,4)5)71-53-26-17-25-52(41-53)68-43-69(61-30-16-15-29-60(61)68)65-55(47-21-11-7-12-22-47)27-18-28-56(65)48-23-13-8-14-24-48;/h6-40H,1-5H3;/q-2;/i7D,8D,11D,12D,13D,14D,21D,22D,23D,24D;. The molecule has 3 heterocycles. The van der Waals surface area contributed by atoms with E-state index in [4.69, 9.17) is 23.4 Å². The Kier molecular flexibility index (Phi) is 9.43. The second kappa shape index (κ2) is 18.9. The van der Waals surface area contributed by atoms with Gasteiger partial charge in [0.25, 0.3) is 6.33 Å². The maximum absolute atomic E-state index is 9.07. The van der Waals surface area contributed by atoms with E-state index in [9.17, 15) is 0 Å². The molecule has 0 fully saturated rings. The van der Waals surface area contributed by atoms with E-state index in [-0.39, 0.29) is 54.4 Å². The molecule has 0 radical (unpaired) electrons. The zero-order chi connectivity index (χ0) is 56.9. The summed E-state index contributed by atoms with van der Waals surface area (Å²) in [6, 6.07) is 48.9. The van der Waals surface area contributed by atoms with E-state index in [0.717, 1.165) is 38.8 Å². The van der Waals surface area contributed by atoms with Crippen molar-refractivity contribution in [3.63, 3.8) is 0 Å². The van der Waals surface area contributed by atoms with Crippen molar-refractivity contribution in [3.05, 3.63) is 247 Å². The molecule has 0 bridgehead atoms. The normalized spacial score (nSPS) is 13.5. The first-order valence-electron chi connectivity index (χ1n) is 28.4. The van der Waals surface area contributed by atoms with Crippen LogP contribution in [0.25, 0.3) is 94.5 Å². The molecule has 12 aromatic rings. The van der Waals surface area contributed by atoms with Crippen LogP contribution in [-0.2, 0) is 26.5 Å². The summed E-state index contributed by atoms with van der Waals surface area (Å²) in [6.07, 6.45) is 5.28. The molecule has 0 saturated heterocycles. The van der Waals surface area contributed by atoms with Gasteiger partial charge in [-0.2, -0.15) is 18.2 Å². The minimum atomic E-state index is -0.575. The van der Waals surface area contributed by atoms with Gasteiger partial charge in [-0.25, -0.2) is 4.98 Å².